The largest absolute Gasteiger partial charge is 3.00 e. The molecule has 194 valence electrons. The van der Waals surface area contributed by atoms with Gasteiger partial charge in [0.05, 0.1) is 0 Å². The van der Waals surface area contributed by atoms with Crippen molar-refractivity contribution in [3.8, 4) is 17.2 Å². The Balaban J connectivity index is 0.000000518. The van der Waals surface area contributed by atoms with Gasteiger partial charge in [0.1, 0.15) is 0 Å². The van der Waals surface area contributed by atoms with Crippen LogP contribution in [-0.2, 0) is 0 Å². The smallest absolute Gasteiger partial charge is 0.870 e. The molecule has 0 spiro atoms. The van der Waals surface area contributed by atoms with Gasteiger partial charge in [-0.25, -0.2) is 0 Å². The van der Waals surface area contributed by atoms with Crippen LogP contribution in [0.25, 0.3) is 0 Å². The molecule has 0 aromatic heterocycles. The maximum atomic E-state index is 11.0. The SMILES string of the molecule is CC(C)c1cccc([O-])c(=O)c1.CC(C)c1cccc([O-])c(=O)c1.CC(C)c1cccc([O-])c(=O)c1.[Bi+3]. The van der Waals surface area contributed by atoms with Crippen molar-refractivity contribution in [3.63, 3.8) is 0 Å². The second-order valence-corrected chi connectivity index (χ2v) is 9.16. The summed E-state index contributed by atoms with van der Waals surface area (Å²) < 4.78 is 0. The van der Waals surface area contributed by atoms with Gasteiger partial charge in [0.25, 0.3) is 0 Å². The van der Waals surface area contributed by atoms with Crippen LogP contribution in [0.3, 0.4) is 0 Å². The third-order valence-corrected chi connectivity index (χ3v) is 5.23. The van der Waals surface area contributed by atoms with E-state index in [1.54, 1.807) is 36.4 Å². The Labute approximate surface area is 237 Å². The molecular weight excluding hydrogens is 665 g/mol. The minimum atomic E-state index is -0.443. The first kappa shape index (κ1) is 34.0. The van der Waals surface area contributed by atoms with Crippen molar-refractivity contribution in [1.82, 2.24) is 0 Å². The summed E-state index contributed by atoms with van der Waals surface area (Å²) in [5.74, 6) is -0.482. The fraction of sp³-hybridized carbons (Fsp3) is 0.300. The van der Waals surface area contributed by atoms with Crippen molar-refractivity contribution in [1.29, 1.82) is 0 Å². The van der Waals surface area contributed by atoms with Crippen LogP contribution in [0.5, 0.6) is 17.2 Å². The summed E-state index contributed by atoms with van der Waals surface area (Å²) in [6.07, 6.45) is 0. The summed E-state index contributed by atoms with van der Waals surface area (Å²) in [4.78, 5) is 33.1. The average Bonchev–Trinajstić information content (AvgIpc) is 3.17. The maximum Gasteiger partial charge on any atom is 3.00 e. The van der Waals surface area contributed by atoms with Gasteiger partial charge in [0.2, 0.25) is 0 Å². The van der Waals surface area contributed by atoms with E-state index in [9.17, 15) is 29.7 Å². The first-order chi connectivity index (χ1) is 16.8. The van der Waals surface area contributed by atoms with Gasteiger partial charge in [-0.2, -0.15) is 0 Å². The molecule has 0 saturated carbocycles. The third kappa shape index (κ3) is 12.2. The fourth-order valence-corrected chi connectivity index (χ4v) is 2.88. The van der Waals surface area contributed by atoms with Crippen LogP contribution in [0.1, 0.15) is 76.0 Å². The van der Waals surface area contributed by atoms with Crippen molar-refractivity contribution in [2.75, 3.05) is 0 Å². The first-order valence-electron chi connectivity index (χ1n) is 11.8. The van der Waals surface area contributed by atoms with E-state index in [2.05, 4.69) is 0 Å². The van der Waals surface area contributed by atoms with Crippen LogP contribution in [-0.4, -0.2) is 26.2 Å². The zero-order chi connectivity index (χ0) is 27.4. The van der Waals surface area contributed by atoms with Gasteiger partial charge in [-0.05, 0) is 52.6 Å². The number of rotatable bonds is 3. The molecule has 0 fully saturated rings. The van der Waals surface area contributed by atoms with Gasteiger partial charge in [0, 0.05) is 0 Å². The Hall–Kier alpha value is -3.05. The van der Waals surface area contributed by atoms with E-state index in [0.29, 0.717) is 0 Å². The minimum absolute atomic E-state index is 0. The molecule has 0 unspecified atom stereocenters. The molecule has 3 rings (SSSR count). The van der Waals surface area contributed by atoms with Crippen molar-refractivity contribution in [2.45, 2.75) is 59.3 Å². The summed E-state index contributed by atoms with van der Waals surface area (Å²) in [7, 11) is 0. The van der Waals surface area contributed by atoms with Crippen LogP contribution in [0, 0.1) is 0 Å². The van der Waals surface area contributed by atoms with E-state index in [1.807, 2.05) is 41.5 Å². The van der Waals surface area contributed by atoms with Crippen molar-refractivity contribution in [2.24, 2.45) is 0 Å². The first-order valence-corrected chi connectivity index (χ1v) is 11.8. The van der Waals surface area contributed by atoms with Crippen LogP contribution >= 0.6 is 0 Å². The molecule has 0 N–H and O–H groups in total. The predicted molar refractivity (Wildman–Crippen MR) is 144 cm³/mol. The van der Waals surface area contributed by atoms with Crippen molar-refractivity contribution in [3.05, 3.63) is 120 Å². The van der Waals surface area contributed by atoms with Gasteiger partial charge in [-0.3, -0.25) is 14.4 Å². The molecule has 0 bridgehead atoms. The second-order valence-electron chi connectivity index (χ2n) is 9.16. The topological polar surface area (TPSA) is 120 Å². The molecule has 0 aliphatic heterocycles. The van der Waals surface area contributed by atoms with Crippen LogP contribution in [0.2, 0.25) is 0 Å². The molecular formula is C30H33BiO6. The molecule has 7 heteroatoms. The molecule has 0 atom stereocenters. The van der Waals surface area contributed by atoms with E-state index in [-0.39, 0.29) is 44.0 Å². The van der Waals surface area contributed by atoms with E-state index in [0.717, 1.165) is 16.7 Å². The molecule has 0 aliphatic rings. The summed E-state index contributed by atoms with van der Waals surface area (Å²) in [6.45, 7) is 11.9. The molecule has 2 radical (unpaired) electrons. The quantitative estimate of drug-likeness (QED) is 0.388. The molecule has 37 heavy (non-hydrogen) atoms. The summed E-state index contributed by atoms with van der Waals surface area (Å²) in [5, 5.41) is 32.6. The monoisotopic (exact) mass is 698 g/mol. The van der Waals surface area contributed by atoms with E-state index < -0.39 is 33.5 Å². The van der Waals surface area contributed by atoms with E-state index in [1.165, 1.54) is 36.4 Å². The Morgan fingerprint density at radius 1 is 0.459 bits per heavy atom. The van der Waals surface area contributed by atoms with Crippen molar-refractivity contribution >= 4 is 26.2 Å². The van der Waals surface area contributed by atoms with Crippen LogP contribution < -0.4 is 31.6 Å². The molecule has 6 nitrogen and oxygen atoms in total. The summed E-state index contributed by atoms with van der Waals surface area (Å²) >= 11 is 0. The Kier molecular flexibility index (Phi) is 15.3. The van der Waals surface area contributed by atoms with Gasteiger partial charge in [0.15, 0.2) is 16.3 Å². The minimum Gasteiger partial charge on any atom is -0.870 e. The third-order valence-electron chi connectivity index (χ3n) is 5.23. The van der Waals surface area contributed by atoms with Gasteiger partial charge in [-0.15, -0.1) is 0 Å². The normalized spacial score (nSPS) is 9.97. The maximum absolute atomic E-state index is 11.0. The number of hydrogen-bond donors (Lipinski definition) is 0. The zero-order valence-corrected chi connectivity index (χ0v) is 25.5. The van der Waals surface area contributed by atoms with E-state index in [4.69, 9.17) is 0 Å². The van der Waals surface area contributed by atoms with E-state index >= 15 is 0 Å². The Morgan fingerprint density at radius 2 is 0.676 bits per heavy atom. The van der Waals surface area contributed by atoms with Gasteiger partial charge in [-0.1, -0.05) is 113 Å². The molecule has 3 aromatic carbocycles. The molecule has 0 heterocycles. The summed E-state index contributed by atoms with van der Waals surface area (Å²) in [5.41, 5.74) is 1.43. The predicted octanol–water partition coefficient (Wildman–Crippen LogP) is 3.35. The molecule has 0 saturated heterocycles. The second kappa shape index (κ2) is 16.6. The molecule has 0 amide bonds. The Morgan fingerprint density at radius 3 is 0.865 bits per heavy atom. The number of hydrogen-bond acceptors (Lipinski definition) is 6. The average molecular weight is 699 g/mol. The summed E-state index contributed by atoms with van der Waals surface area (Å²) in [6, 6.07) is 18.4. The van der Waals surface area contributed by atoms with Crippen LogP contribution in [0.15, 0.2) is 87.2 Å². The fourth-order valence-electron chi connectivity index (χ4n) is 2.88. The van der Waals surface area contributed by atoms with Gasteiger partial charge >= 0.3 is 26.2 Å². The van der Waals surface area contributed by atoms with Crippen molar-refractivity contribution < 1.29 is 15.3 Å². The molecule has 3 aromatic rings. The van der Waals surface area contributed by atoms with Gasteiger partial charge < -0.3 is 15.3 Å². The molecule has 0 aliphatic carbocycles. The van der Waals surface area contributed by atoms with Crippen LogP contribution in [0.4, 0.5) is 0 Å². The Bertz CT molecular complexity index is 1160. The zero-order valence-electron chi connectivity index (χ0n) is 22.1. The standard InChI is InChI=1S/3C10H12O2.Bi/c3*1-7(2)8-4-3-5-9(11)10(12)6-8;/h3*3-7H,1-2H3,(H,11,12);/q;;;+3/p-3.